The van der Waals surface area contributed by atoms with E-state index in [9.17, 15) is 0 Å². The lowest BCUT2D eigenvalue weighted by molar-refractivity contribution is 0.114. The van der Waals surface area contributed by atoms with Crippen LogP contribution >= 0.6 is 0 Å². The topological polar surface area (TPSA) is 70.7 Å². The summed E-state index contributed by atoms with van der Waals surface area (Å²) in [5.74, 6) is 0. The maximum absolute atomic E-state index is 6.02. The lowest BCUT2D eigenvalue weighted by Crippen LogP contribution is -2.52. The molecule has 1 atom stereocenters. The monoisotopic (exact) mass is 662 g/mol. The Hall–Kier alpha value is -0.176. The molecule has 0 aliphatic carbocycles. The first kappa shape index (κ1) is 38.8. The third kappa shape index (κ3) is 9.91. The summed E-state index contributed by atoms with van der Waals surface area (Å²) in [6.07, 6.45) is 3.33. The van der Waals surface area contributed by atoms with Gasteiger partial charge in [-0.1, -0.05) is 50.4 Å². The summed E-state index contributed by atoms with van der Waals surface area (Å²) in [5.41, 5.74) is 4.65. The average Bonchev–Trinajstić information content (AvgIpc) is 2.98. The molecule has 1 aromatic rings. The number of hydrogen-bond acceptors (Lipinski definition) is 8. The summed E-state index contributed by atoms with van der Waals surface area (Å²) in [5, 5.41) is 6.88. The molecule has 0 amide bonds. The Kier molecular flexibility index (Phi) is 18.3. The van der Waals surface area contributed by atoms with Crippen LogP contribution in [0.3, 0.4) is 0 Å². The van der Waals surface area contributed by atoms with Crippen molar-refractivity contribution in [1.29, 1.82) is 0 Å². The van der Waals surface area contributed by atoms with E-state index in [2.05, 4.69) is 63.2 Å². The second-order valence-electron chi connectivity index (χ2n) is 11.3. The van der Waals surface area contributed by atoms with Crippen molar-refractivity contribution in [2.45, 2.75) is 77.4 Å². The first-order valence-electron chi connectivity index (χ1n) is 15.5. The van der Waals surface area contributed by atoms with Crippen LogP contribution in [0, 0.1) is 0 Å². The predicted octanol–water partition coefficient (Wildman–Crippen LogP) is 2.39. The molecule has 0 heterocycles. The maximum Gasteiger partial charge on any atom is 0.507 e. The first-order valence-corrected chi connectivity index (χ1v) is 27.0. The van der Waals surface area contributed by atoms with Crippen LogP contribution in [-0.4, -0.2) is 113 Å². The molecule has 0 bridgehead atoms. The molecule has 0 radical (unpaired) electrons. The second kappa shape index (κ2) is 19.3. The van der Waals surface area contributed by atoms with E-state index in [4.69, 9.17) is 26.6 Å². The van der Waals surface area contributed by atoms with E-state index >= 15 is 0 Å². The van der Waals surface area contributed by atoms with Crippen molar-refractivity contribution in [3.8, 4) is 0 Å². The fourth-order valence-electron chi connectivity index (χ4n) is 6.05. The Morgan fingerprint density at radius 1 is 0.878 bits per heavy atom. The molecule has 8 nitrogen and oxygen atoms in total. The van der Waals surface area contributed by atoms with Crippen molar-refractivity contribution in [2.24, 2.45) is 0 Å². The van der Waals surface area contributed by atoms with Gasteiger partial charge in [0.05, 0.1) is 23.1 Å². The highest BCUT2D eigenvalue weighted by Crippen LogP contribution is 2.32. The Balaban J connectivity index is 3.31. The third-order valence-corrected chi connectivity index (χ3v) is 19.4. The molecule has 0 saturated heterocycles. The van der Waals surface area contributed by atoms with Crippen LogP contribution in [0.4, 0.5) is 5.69 Å². The Morgan fingerprint density at radius 3 is 1.88 bits per heavy atom. The van der Waals surface area contributed by atoms with E-state index < -0.39 is 35.2 Å². The van der Waals surface area contributed by atoms with E-state index in [0.717, 1.165) is 38.3 Å². The summed E-state index contributed by atoms with van der Waals surface area (Å²) in [6, 6.07) is 4.71. The lowest BCUT2D eigenvalue weighted by atomic mass is 10.0. The van der Waals surface area contributed by atoms with Gasteiger partial charge in [0.15, 0.2) is 0 Å². The van der Waals surface area contributed by atoms with Gasteiger partial charge in [-0.25, -0.2) is 0 Å². The third-order valence-electron chi connectivity index (χ3n) is 8.44. The van der Waals surface area contributed by atoms with Crippen molar-refractivity contribution >= 4 is 60.8 Å². The van der Waals surface area contributed by atoms with Gasteiger partial charge in [0, 0.05) is 77.0 Å². The number of anilines is 1. The standard InChI is InChI=1S/C28H62N2O6Si5/c1-14-30(15-2)27-24(17-19-37-22-29-18-16-20-40(31-4,32-5)33-6)26(38(10)11)21-25(28(27)39(12)13)23(3)41(34-7,35-8)36-9/h21,23,29,38-39H,14-20,22,37H2,1-13H3. The normalized spacial score (nSPS) is 13.7. The summed E-state index contributed by atoms with van der Waals surface area (Å²) >= 11 is 0. The smallest absolute Gasteiger partial charge is 0.377 e. The van der Waals surface area contributed by atoms with E-state index in [0.29, 0.717) is 0 Å². The molecule has 1 rings (SSSR count). The van der Waals surface area contributed by atoms with Gasteiger partial charge < -0.3 is 36.8 Å². The molecule has 1 N–H and O–H groups in total. The molecule has 240 valence electrons. The predicted molar refractivity (Wildman–Crippen MR) is 188 cm³/mol. The summed E-state index contributed by atoms with van der Waals surface area (Å²) in [7, 11) is 2.38. The van der Waals surface area contributed by atoms with Gasteiger partial charge in [-0.2, -0.15) is 0 Å². The number of nitrogens with one attached hydrogen (secondary N) is 1. The highest BCUT2D eigenvalue weighted by molar-refractivity contribution is 6.75. The van der Waals surface area contributed by atoms with Gasteiger partial charge >= 0.3 is 17.6 Å². The van der Waals surface area contributed by atoms with Crippen LogP contribution < -0.4 is 20.6 Å². The molecule has 41 heavy (non-hydrogen) atoms. The van der Waals surface area contributed by atoms with Crippen molar-refractivity contribution in [3.63, 3.8) is 0 Å². The van der Waals surface area contributed by atoms with Crippen molar-refractivity contribution < 1.29 is 26.6 Å². The van der Waals surface area contributed by atoms with Crippen molar-refractivity contribution in [2.75, 3.05) is 73.4 Å². The van der Waals surface area contributed by atoms with Crippen LogP contribution in [0.1, 0.15) is 43.9 Å². The van der Waals surface area contributed by atoms with Crippen LogP contribution in [-0.2, 0) is 33.0 Å². The van der Waals surface area contributed by atoms with E-state index in [-0.39, 0.29) is 15.1 Å². The second-order valence-corrected chi connectivity index (χ2v) is 25.4. The number of rotatable bonds is 22. The Morgan fingerprint density at radius 2 is 1.44 bits per heavy atom. The quantitative estimate of drug-likeness (QED) is 0.150. The van der Waals surface area contributed by atoms with Gasteiger partial charge in [0.25, 0.3) is 0 Å². The zero-order valence-electron chi connectivity index (χ0n) is 28.6. The lowest BCUT2D eigenvalue weighted by Gasteiger charge is -2.37. The fourth-order valence-corrected chi connectivity index (χ4v) is 14.9. The maximum atomic E-state index is 6.02. The number of nitrogens with zero attached hydrogens (tertiary/aromatic N) is 1. The summed E-state index contributed by atoms with van der Waals surface area (Å²) < 4.78 is 34.7. The summed E-state index contributed by atoms with van der Waals surface area (Å²) in [4.78, 5) is 2.63. The largest absolute Gasteiger partial charge is 0.507 e. The molecule has 0 spiro atoms. The molecule has 1 unspecified atom stereocenters. The number of benzene rings is 1. The number of hydrogen-bond donors (Lipinski definition) is 1. The zero-order valence-corrected chi connectivity index (χ0v) is 34.3. The van der Waals surface area contributed by atoms with Gasteiger partial charge in [0.1, 0.15) is 0 Å². The van der Waals surface area contributed by atoms with E-state index in [1.54, 1.807) is 58.6 Å². The SMILES string of the molecule is CCN(CC)c1c(CC[SiH2]CNCCC[Si](OC)(OC)OC)c([SiH](C)C)cc(C(C)[Si](OC)(OC)OC)c1[SiH](C)C. The highest BCUT2D eigenvalue weighted by Gasteiger charge is 2.47. The molecule has 0 saturated carbocycles. The minimum absolute atomic E-state index is 0.0805. The van der Waals surface area contributed by atoms with Crippen LogP contribution in [0.2, 0.25) is 38.3 Å². The highest BCUT2D eigenvalue weighted by atomic mass is 28.4. The fraction of sp³-hybridized carbons (Fsp3) is 0.786. The van der Waals surface area contributed by atoms with Crippen LogP contribution in [0.5, 0.6) is 0 Å². The molecule has 0 aromatic heterocycles. The van der Waals surface area contributed by atoms with Gasteiger partial charge in [0.2, 0.25) is 0 Å². The molecule has 0 aliphatic rings. The van der Waals surface area contributed by atoms with Crippen molar-refractivity contribution in [3.05, 3.63) is 17.2 Å². The Labute approximate surface area is 259 Å². The minimum atomic E-state index is -2.86. The molecule has 1 aromatic carbocycles. The van der Waals surface area contributed by atoms with Crippen LogP contribution in [0.25, 0.3) is 0 Å². The van der Waals surface area contributed by atoms with E-state index in [1.165, 1.54) is 23.7 Å². The van der Waals surface area contributed by atoms with Crippen LogP contribution in [0.15, 0.2) is 6.07 Å². The molecular formula is C28H62N2O6Si5. The molecule has 13 heteroatoms. The van der Waals surface area contributed by atoms with Gasteiger partial charge in [-0.15, -0.1) is 0 Å². The minimum Gasteiger partial charge on any atom is -0.377 e. The first-order chi connectivity index (χ1) is 19.5. The zero-order chi connectivity index (χ0) is 31.2. The molecule has 0 aliphatic heterocycles. The average molecular weight is 663 g/mol. The van der Waals surface area contributed by atoms with Crippen molar-refractivity contribution in [1.82, 2.24) is 5.32 Å². The van der Waals surface area contributed by atoms with Gasteiger partial charge in [-0.05, 0) is 55.7 Å². The molecule has 0 fully saturated rings. The Bertz CT molecular complexity index is 867. The van der Waals surface area contributed by atoms with Gasteiger partial charge in [-0.3, -0.25) is 0 Å². The van der Waals surface area contributed by atoms with E-state index in [1.807, 2.05) is 0 Å². The molecular weight excluding hydrogens is 601 g/mol. The summed E-state index contributed by atoms with van der Waals surface area (Å²) in [6.45, 7) is 19.8.